The summed E-state index contributed by atoms with van der Waals surface area (Å²) in [6, 6.07) is 8.14. The van der Waals surface area contributed by atoms with Crippen molar-refractivity contribution in [3.05, 3.63) is 41.7 Å². The molecule has 2 aromatic rings. The smallest absolute Gasteiger partial charge is 0.273 e. The maximum Gasteiger partial charge on any atom is 0.273 e. The third kappa shape index (κ3) is 2.02. The highest BCUT2D eigenvalue weighted by Crippen LogP contribution is 2.23. The summed E-state index contributed by atoms with van der Waals surface area (Å²) >= 11 is 4.92. The van der Waals surface area contributed by atoms with E-state index < -0.39 is 0 Å². The minimum Gasteiger partial charge on any atom is -0.347 e. The molecule has 3 rings (SSSR count). The van der Waals surface area contributed by atoms with Crippen LogP contribution in [0.15, 0.2) is 36.2 Å². The molecule has 2 heterocycles. The zero-order valence-electron chi connectivity index (χ0n) is 10.4. The number of benzene rings is 1. The van der Waals surface area contributed by atoms with E-state index in [4.69, 9.17) is 12.2 Å². The quantitative estimate of drug-likeness (QED) is 0.649. The molecule has 0 radical (unpaired) electrons. The van der Waals surface area contributed by atoms with Crippen molar-refractivity contribution in [3.8, 4) is 0 Å². The summed E-state index contributed by atoms with van der Waals surface area (Å²) in [6.45, 7) is 2.99. The molecule has 0 spiro atoms. The van der Waals surface area contributed by atoms with E-state index in [9.17, 15) is 4.79 Å². The molecule has 2 N–H and O–H groups in total. The topological polar surface area (TPSA) is 46.1 Å². The largest absolute Gasteiger partial charge is 0.347 e. The highest BCUT2D eigenvalue weighted by Gasteiger charge is 2.20. The number of hydrogen-bond donors (Lipinski definition) is 2. The van der Waals surface area contributed by atoms with Gasteiger partial charge in [-0.05, 0) is 31.3 Å². The first-order chi connectivity index (χ1) is 9.19. The van der Waals surface area contributed by atoms with Crippen LogP contribution in [0.25, 0.3) is 17.0 Å². The van der Waals surface area contributed by atoms with Gasteiger partial charge in [-0.2, -0.15) is 0 Å². The zero-order chi connectivity index (χ0) is 13.4. The molecule has 96 valence electrons. The molecule has 1 aliphatic rings. The number of thiocarbonyl (C=S) groups is 1. The van der Waals surface area contributed by atoms with Crippen LogP contribution in [0.4, 0.5) is 0 Å². The van der Waals surface area contributed by atoms with Crippen LogP contribution in [0.5, 0.6) is 0 Å². The van der Waals surface area contributed by atoms with Gasteiger partial charge in [0.15, 0.2) is 5.11 Å². The van der Waals surface area contributed by atoms with E-state index in [1.807, 2.05) is 24.4 Å². The molecule has 1 saturated heterocycles. The summed E-state index contributed by atoms with van der Waals surface area (Å²) in [5.41, 5.74) is 2.67. The fourth-order valence-corrected chi connectivity index (χ4v) is 2.49. The van der Waals surface area contributed by atoms with Crippen LogP contribution in [-0.2, 0) is 11.3 Å². The highest BCUT2D eigenvalue weighted by molar-refractivity contribution is 7.80. The summed E-state index contributed by atoms with van der Waals surface area (Å²) in [4.78, 5) is 11.7. The Morgan fingerprint density at radius 3 is 2.79 bits per heavy atom. The van der Waals surface area contributed by atoms with E-state index in [1.165, 1.54) is 0 Å². The molecule has 5 heteroatoms. The lowest BCUT2D eigenvalue weighted by Gasteiger charge is -1.97. The van der Waals surface area contributed by atoms with E-state index in [0.717, 1.165) is 23.0 Å². The average Bonchev–Trinajstić information content (AvgIpc) is 2.91. The summed E-state index contributed by atoms with van der Waals surface area (Å²) < 4.78 is 2.16. The van der Waals surface area contributed by atoms with Crippen LogP contribution < -0.4 is 10.6 Å². The molecule has 19 heavy (non-hydrogen) atoms. The number of carbonyl (C=O) groups excluding carboxylic acids is 1. The van der Waals surface area contributed by atoms with Crippen LogP contribution in [0, 0.1) is 0 Å². The normalized spacial score (nSPS) is 17.0. The Kier molecular flexibility index (Phi) is 2.83. The predicted octanol–water partition coefficient (Wildman–Crippen LogP) is 2.01. The fraction of sp³-hybridized carbons (Fsp3) is 0.143. The summed E-state index contributed by atoms with van der Waals surface area (Å²) in [6.07, 6.45) is 3.89. The van der Waals surface area contributed by atoms with E-state index in [1.54, 1.807) is 0 Å². The molecular formula is C14H13N3OS. The minimum atomic E-state index is -0.182. The molecule has 0 atom stereocenters. The second-order valence-corrected chi connectivity index (χ2v) is 4.76. The Morgan fingerprint density at radius 2 is 2.11 bits per heavy atom. The molecule has 0 bridgehead atoms. The Labute approximate surface area is 116 Å². The fourth-order valence-electron chi connectivity index (χ4n) is 2.29. The van der Waals surface area contributed by atoms with E-state index >= 15 is 0 Å². The first-order valence-electron chi connectivity index (χ1n) is 6.11. The van der Waals surface area contributed by atoms with Gasteiger partial charge in [-0.25, -0.2) is 0 Å². The van der Waals surface area contributed by atoms with Crippen molar-refractivity contribution in [3.63, 3.8) is 0 Å². The monoisotopic (exact) mass is 271 g/mol. The van der Waals surface area contributed by atoms with Gasteiger partial charge in [0, 0.05) is 29.2 Å². The number of fused-ring (bicyclic) bond motifs is 1. The highest BCUT2D eigenvalue weighted by atomic mass is 32.1. The molecule has 1 aromatic heterocycles. The van der Waals surface area contributed by atoms with Crippen molar-refractivity contribution in [1.82, 2.24) is 15.2 Å². The van der Waals surface area contributed by atoms with Gasteiger partial charge in [0.2, 0.25) is 0 Å². The van der Waals surface area contributed by atoms with Crippen molar-refractivity contribution < 1.29 is 4.79 Å². The van der Waals surface area contributed by atoms with Gasteiger partial charge in [0.25, 0.3) is 5.91 Å². The maximum absolute atomic E-state index is 11.7. The van der Waals surface area contributed by atoms with E-state index in [2.05, 4.69) is 34.3 Å². The zero-order valence-corrected chi connectivity index (χ0v) is 11.3. The van der Waals surface area contributed by atoms with Gasteiger partial charge in [-0.15, -0.1) is 0 Å². The van der Waals surface area contributed by atoms with Crippen molar-refractivity contribution >= 4 is 40.2 Å². The number of amides is 1. The number of aryl methyl sites for hydroxylation is 1. The Hall–Kier alpha value is -2.14. The van der Waals surface area contributed by atoms with Crippen LogP contribution >= 0.6 is 12.2 Å². The minimum absolute atomic E-state index is 0.182. The van der Waals surface area contributed by atoms with Crippen LogP contribution in [-0.4, -0.2) is 15.6 Å². The number of aromatic nitrogens is 1. The first-order valence-corrected chi connectivity index (χ1v) is 6.52. The maximum atomic E-state index is 11.7. The van der Waals surface area contributed by atoms with Gasteiger partial charge in [0.1, 0.15) is 5.70 Å². The summed E-state index contributed by atoms with van der Waals surface area (Å²) in [7, 11) is 0. The van der Waals surface area contributed by atoms with Gasteiger partial charge < -0.3 is 9.88 Å². The molecule has 1 aliphatic heterocycles. The van der Waals surface area contributed by atoms with Crippen LogP contribution in [0.3, 0.4) is 0 Å². The lowest BCUT2D eigenvalue weighted by molar-refractivity contribution is -0.115. The van der Waals surface area contributed by atoms with E-state index in [0.29, 0.717) is 10.8 Å². The molecular weight excluding hydrogens is 258 g/mol. The molecule has 0 saturated carbocycles. The number of nitrogens with zero attached hydrogens (tertiary/aromatic N) is 1. The Morgan fingerprint density at radius 1 is 1.32 bits per heavy atom. The molecule has 1 amide bonds. The molecule has 0 aliphatic carbocycles. The van der Waals surface area contributed by atoms with Crippen molar-refractivity contribution in [2.75, 3.05) is 0 Å². The number of carbonyl (C=O) groups is 1. The predicted molar refractivity (Wildman–Crippen MR) is 79.5 cm³/mol. The Bertz CT molecular complexity index is 715. The van der Waals surface area contributed by atoms with Crippen LogP contribution in [0.1, 0.15) is 12.5 Å². The summed E-state index contributed by atoms with van der Waals surface area (Å²) in [5.74, 6) is -0.182. The standard InChI is InChI=1S/C14H13N3OS/c1-2-17-8-9(10-5-3-4-6-12(10)17)7-11-13(18)16-14(19)15-11/h3-8H,2H2,1H3,(H2,15,16,18,19). The van der Waals surface area contributed by atoms with Crippen molar-refractivity contribution in [2.24, 2.45) is 0 Å². The third-order valence-electron chi connectivity index (χ3n) is 3.18. The van der Waals surface area contributed by atoms with E-state index in [-0.39, 0.29) is 5.91 Å². The van der Waals surface area contributed by atoms with Crippen LogP contribution in [0.2, 0.25) is 0 Å². The lowest BCUT2D eigenvalue weighted by Crippen LogP contribution is -2.21. The third-order valence-corrected chi connectivity index (χ3v) is 3.38. The second-order valence-electron chi connectivity index (χ2n) is 4.35. The van der Waals surface area contributed by atoms with Crippen molar-refractivity contribution in [2.45, 2.75) is 13.5 Å². The average molecular weight is 271 g/mol. The number of para-hydroxylation sites is 1. The van der Waals surface area contributed by atoms with Gasteiger partial charge in [-0.1, -0.05) is 18.2 Å². The van der Waals surface area contributed by atoms with Crippen molar-refractivity contribution in [1.29, 1.82) is 0 Å². The number of hydrogen-bond acceptors (Lipinski definition) is 2. The SMILES string of the molecule is CCn1cc(C=C2NC(=S)NC2=O)c2ccccc21. The molecule has 1 aromatic carbocycles. The lowest BCUT2D eigenvalue weighted by atomic mass is 10.1. The second kappa shape index (κ2) is 4.51. The number of nitrogens with one attached hydrogen (secondary N) is 2. The summed E-state index contributed by atoms with van der Waals surface area (Å²) in [5, 5.41) is 6.91. The molecule has 4 nitrogen and oxygen atoms in total. The molecule has 1 fully saturated rings. The van der Waals surface area contributed by atoms with Gasteiger partial charge >= 0.3 is 0 Å². The van der Waals surface area contributed by atoms with Gasteiger partial charge in [0.05, 0.1) is 0 Å². The Balaban J connectivity index is 2.13. The van der Waals surface area contributed by atoms with Gasteiger partial charge in [-0.3, -0.25) is 10.1 Å². The number of rotatable bonds is 2. The first kappa shape index (κ1) is 11.9. The molecule has 0 unspecified atom stereocenters.